The van der Waals surface area contributed by atoms with Gasteiger partial charge in [0.25, 0.3) is 0 Å². The number of carbonyl (C=O) groups excluding carboxylic acids is 1. The minimum atomic E-state index is -0.295. The number of aryl methyl sites for hydroxylation is 1. The molecule has 1 aromatic heterocycles. The fourth-order valence-electron chi connectivity index (χ4n) is 4.71. The molecule has 4 rings (SSSR count). The molecule has 1 saturated heterocycles. The van der Waals surface area contributed by atoms with Crippen LogP contribution in [0.15, 0.2) is 66.9 Å². The van der Waals surface area contributed by atoms with Crippen molar-refractivity contribution < 1.29 is 14.3 Å². The van der Waals surface area contributed by atoms with Gasteiger partial charge in [-0.2, -0.15) is 0 Å². The Morgan fingerprint density at radius 3 is 2.53 bits per heavy atom. The Kier molecular flexibility index (Phi) is 8.60. The zero-order chi connectivity index (χ0) is 25.5. The summed E-state index contributed by atoms with van der Waals surface area (Å²) in [6.45, 7) is 12.0. The highest BCUT2D eigenvalue weighted by Gasteiger charge is 2.31. The van der Waals surface area contributed by atoms with Crippen LogP contribution in [0, 0.1) is 6.92 Å². The molecule has 2 aromatic carbocycles. The monoisotopic (exact) mass is 487 g/mol. The van der Waals surface area contributed by atoms with Crippen LogP contribution in [-0.4, -0.2) is 47.6 Å². The number of likely N-dealkylation sites (N-methyl/N-ethyl adjacent to an activating group) is 1. The van der Waals surface area contributed by atoms with Crippen molar-refractivity contribution in [3.63, 3.8) is 0 Å². The summed E-state index contributed by atoms with van der Waals surface area (Å²) in [6, 6.07) is 20.9. The highest BCUT2D eigenvalue weighted by Crippen LogP contribution is 2.28. The Hall–Kier alpha value is -3.38. The van der Waals surface area contributed by atoms with Gasteiger partial charge < -0.3 is 14.4 Å². The quantitative estimate of drug-likeness (QED) is 0.345. The van der Waals surface area contributed by atoms with Crippen molar-refractivity contribution in [2.75, 3.05) is 24.5 Å². The number of aromatic nitrogens is 1. The van der Waals surface area contributed by atoms with Crippen molar-refractivity contribution in [2.45, 2.75) is 59.4 Å². The Morgan fingerprint density at radius 2 is 1.83 bits per heavy atom. The first kappa shape index (κ1) is 25.7. The molecule has 190 valence electrons. The molecule has 1 aliphatic rings. The normalized spacial score (nSPS) is 15.5. The van der Waals surface area contributed by atoms with Gasteiger partial charge in [0.05, 0.1) is 6.10 Å². The van der Waals surface area contributed by atoms with Crippen LogP contribution in [-0.2, 0) is 17.9 Å². The molecular formula is C30H37N3O3. The standard InChI is InChI=1S/C30H37N3O3/c1-5-32(19-24-11-13-27(14-12-24)35-21-25-9-7-6-8-10-25)26-16-18-33(20-26)29-28(23(4)15-17-31-29)30(34)36-22(2)3/h6-15,17,22,26H,5,16,18-21H2,1-4H3. The maximum absolute atomic E-state index is 12.8. The summed E-state index contributed by atoms with van der Waals surface area (Å²) in [6.07, 6.45) is 2.64. The SMILES string of the molecule is CCN(Cc1ccc(OCc2ccccc2)cc1)C1CCN(c2nccc(C)c2C(=O)OC(C)C)C1. The van der Waals surface area contributed by atoms with Crippen molar-refractivity contribution in [1.82, 2.24) is 9.88 Å². The number of pyridine rings is 1. The molecule has 6 heteroatoms. The number of rotatable bonds is 10. The van der Waals surface area contributed by atoms with Crippen molar-refractivity contribution in [2.24, 2.45) is 0 Å². The average Bonchev–Trinajstić information content (AvgIpc) is 3.37. The molecule has 3 aromatic rings. The zero-order valence-electron chi connectivity index (χ0n) is 21.8. The fraction of sp³-hybridized carbons (Fsp3) is 0.400. The predicted octanol–water partition coefficient (Wildman–Crippen LogP) is 5.64. The smallest absolute Gasteiger partial charge is 0.342 e. The van der Waals surface area contributed by atoms with Gasteiger partial charge in [0, 0.05) is 31.9 Å². The van der Waals surface area contributed by atoms with E-state index in [4.69, 9.17) is 9.47 Å². The van der Waals surface area contributed by atoms with Crippen LogP contribution < -0.4 is 9.64 Å². The molecule has 0 saturated carbocycles. The number of ether oxygens (including phenoxy) is 2. The number of anilines is 1. The molecule has 0 radical (unpaired) electrons. The van der Waals surface area contributed by atoms with E-state index in [0.29, 0.717) is 18.2 Å². The summed E-state index contributed by atoms with van der Waals surface area (Å²) >= 11 is 0. The van der Waals surface area contributed by atoms with Gasteiger partial charge >= 0.3 is 5.97 Å². The van der Waals surface area contributed by atoms with E-state index in [1.54, 1.807) is 6.20 Å². The lowest BCUT2D eigenvalue weighted by Crippen LogP contribution is -2.37. The van der Waals surface area contributed by atoms with Gasteiger partial charge in [0.2, 0.25) is 0 Å². The van der Waals surface area contributed by atoms with E-state index in [2.05, 4.69) is 58.1 Å². The van der Waals surface area contributed by atoms with Crippen molar-refractivity contribution >= 4 is 11.8 Å². The third kappa shape index (κ3) is 6.43. The fourth-order valence-corrected chi connectivity index (χ4v) is 4.71. The summed E-state index contributed by atoms with van der Waals surface area (Å²) in [5.74, 6) is 1.32. The van der Waals surface area contributed by atoms with Gasteiger partial charge in [-0.1, -0.05) is 49.4 Å². The molecular weight excluding hydrogens is 450 g/mol. The lowest BCUT2D eigenvalue weighted by Gasteiger charge is -2.28. The van der Waals surface area contributed by atoms with Gasteiger partial charge in [-0.15, -0.1) is 0 Å². The van der Waals surface area contributed by atoms with Crippen LogP contribution in [0.25, 0.3) is 0 Å². The number of nitrogens with zero attached hydrogens (tertiary/aromatic N) is 3. The topological polar surface area (TPSA) is 54.9 Å². The first-order valence-corrected chi connectivity index (χ1v) is 12.9. The molecule has 36 heavy (non-hydrogen) atoms. The molecule has 0 N–H and O–H groups in total. The second-order valence-corrected chi connectivity index (χ2v) is 9.65. The Bertz CT molecular complexity index is 1130. The maximum atomic E-state index is 12.8. The van der Waals surface area contributed by atoms with E-state index in [-0.39, 0.29) is 12.1 Å². The van der Waals surface area contributed by atoms with Crippen LogP contribution in [0.5, 0.6) is 5.75 Å². The van der Waals surface area contributed by atoms with E-state index in [1.807, 2.05) is 45.0 Å². The predicted molar refractivity (Wildman–Crippen MR) is 143 cm³/mol. The number of esters is 1. The first-order chi connectivity index (χ1) is 17.4. The molecule has 2 heterocycles. The van der Waals surface area contributed by atoms with Crippen LogP contribution in [0.2, 0.25) is 0 Å². The third-order valence-electron chi connectivity index (χ3n) is 6.63. The highest BCUT2D eigenvalue weighted by atomic mass is 16.5. The van der Waals surface area contributed by atoms with Crippen LogP contribution >= 0.6 is 0 Å². The summed E-state index contributed by atoms with van der Waals surface area (Å²) < 4.78 is 11.5. The molecule has 6 nitrogen and oxygen atoms in total. The van der Waals surface area contributed by atoms with E-state index < -0.39 is 0 Å². The van der Waals surface area contributed by atoms with Crippen molar-refractivity contribution in [1.29, 1.82) is 0 Å². The Balaban J connectivity index is 1.38. The average molecular weight is 488 g/mol. The second-order valence-electron chi connectivity index (χ2n) is 9.65. The molecule has 0 bridgehead atoms. The van der Waals surface area contributed by atoms with E-state index in [0.717, 1.165) is 55.3 Å². The molecule has 1 atom stereocenters. The minimum Gasteiger partial charge on any atom is -0.489 e. The summed E-state index contributed by atoms with van der Waals surface area (Å²) in [4.78, 5) is 22.1. The Morgan fingerprint density at radius 1 is 1.08 bits per heavy atom. The molecule has 0 spiro atoms. The van der Waals surface area contributed by atoms with E-state index in [9.17, 15) is 4.79 Å². The molecule has 1 unspecified atom stereocenters. The van der Waals surface area contributed by atoms with Gasteiger partial charge in [-0.25, -0.2) is 9.78 Å². The summed E-state index contributed by atoms with van der Waals surface area (Å²) in [5, 5.41) is 0. The number of hydrogen-bond donors (Lipinski definition) is 0. The van der Waals surface area contributed by atoms with Crippen LogP contribution in [0.3, 0.4) is 0 Å². The molecule has 1 fully saturated rings. The minimum absolute atomic E-state index is 0.165. The first-order valence-electron chi connectivity index (χ1n) is 12.9. The number of carbonyl (C=O) groups is 1. The highest BCUT2D eigenvalue weighted by molar-refractivity contribution is 5.96. The molecule has 0 amide bonds. The van der Waals surface area contributed by atoms with E-state index in [1.165, 1.54) is 5.56 Å². The largest absolute Gasteiger partial charge is 0.489 e. The summed E-state index contributed by atoms with van der Waals surface area (Å²) in [7, 11) is 0. The van der Waals surface area contributed by atoms with Crippen molar-refractivity contribution in [3.05, 3.63) is 89.1 Å². The lowest BCUT2D eigenvalue weighted by atomic mass is 10.1. The van der Waals surface area contributed by atoms with Crippen LogP contribution in [0.4, 0.5) is 5.82 Å². The Labute approximate surface area is 214 Å². The van der Waals surface area contributed by atoms with Gasteiger partial charge in [-0.3, -0.25) is 4.90 Å². The maximum Gasteiger partial charge on any atom is 0.342 e. The second kappa shape index (κ2) is 12.0. The molecule has 1 aliphatic heterocycles. The molecule has 0 aliphatic carbocycles. The van der Waals surface area contributed by atoms with Gasteiger partial charge in [0.15, 0.2) is 0 Å². The third-order valence-corrected chi connectivity index (χ3v) is 6.63. The van der Waals surface area contributed by atoms with Crippen LogP contribution in [0.1, 0.15) is 54.2 Å². The van der Waals surface area contributed by atoms with Gasteiger partial charge in [0.1, 0.15) is 23.7 Å². The summed E-state index contributed by atoms with van der Waals surface area (Å²) in [5.41, 5.74) is 3.91. The number of hydrogen-bond acceptors (Lipinski definition) is 6. The zero-order valence-corrected chi connectivity index (χ0v) is 21.8. The van der Waals surface area contributed by atoms with Gasteiger partial charge in [-0.05, 0) is 68.6 Å². The van der Waals surface area contributed by atoms with Crippen molar-refractivity contribution in [3.8, 4) is 5.75 Å². The number of benzene rings is 2. The lowest BCUT2D eigenvalue weighted by molar-refractivity contribution is 0.0377. The van der Waals surface area contributed by atoms with E-state index >= 15 is 0 Å².